The van der Waals surface area contributed by atoms with Crippen LogP contribution in [0, 0.1) is 30.6 Å². The third-order valence-electron chi connectivity index (χ3n) is 4.63. The molecule has 2 bridgehead atoms. The molecule has 21 heavy (non-hydrogen) atoms. The van der Waals surface area contributed by atoms with Crippen molar-refractivity contribution in [2.24, 2.45) is 23.7 Å². The first-order valence-electron chi connectivity index (χ1n) is 7.30. The summed E-state index contributed by atoms with van der Waals surface area (Å²) in [5.41, 5.74) is 2.20. The standard InChI is InChI=1S/C17H19NO3/c1-10-2-4-11(5-3-10)9-18-16(19)14-12-6-7-13(8-12)15(14)17(20)21/h2-7,12-15H,8-9H2,1H3,(H,18,19)(H,20,21)/t12-,13+,14+,15-/m1/s1. The fourth-order valence-electron chi connectivity index (χ4n) is 3.53. The summed E-state index contributed by atoms with van der Waals surface area (Å²) in [5.74, 6) is -1.90. The van der Waals surface area contributed by atoms with Gasteiger partial charge in [-0.1, -0.05) is 42.0 Å². The number of fused-ring (bicyclic) bond motifs is 2. The first kappa shape index (κ1) is 13.9. The summed E-state index contributed by atoms with van der Waals surface area (Å²) in [6, 6.07) is 7.96. The number of amides is 1. The lowest BCUT2D eigenvalue weighted by Gasteiger charge is -2.23. The van der Waals surface area contributed by atoms with E-state index in [1.165, 1.54) is 5.56 Å². The van der Waals surface area contributed by atoms with Crippen LogP contribution in [0.25, 0.3) is 0 Å². The molecule has 2 aliphatic carbocycles. The molecule has 0 unspecified atom stereocenters. The van der Waals surface area contributed by atoms with Crippen molar-refractivity contribution in [2.75, 3.05) is 0 Å². The smallest absolute Gasteiger partial charge is 0.307 e. The van der Waals surface area contributed by atoms with Crippen LogP contribution in [0.15, 0.2) is 36.4 Å². The third-order valence-corrected chi connectivity index (χ3v) is 4.63. The molecule has 4 heteroatoms. The van der Waals surface area contributed by atoms with Crippen molar-refractivity contribution in [3.05, 3.63) is 47.5 Å². The predicted octanol–water partition coefficient (Wildman–Crippen LogP) is 2.13. The van der Waals surface area contributed by atoms with Gasteiger partial charge in [0.25, 0.3) is 0 Å². The summed E-state index contributed by atoms with van der Waals surface area (Å²) in [6.45, 7) is 2.46. The summed E-state index contributed by atoms with van der Waals surface area (Å²) in [4.78, 5) is 23.8. The second-order valence-electron chi connectivity index (χ2n) is 6.04. The van der Waals surface area contributed by atoms with Gasteiger partial charge in [-0.15, -0.1) is 0 Å². The maximum Gasteiger partial charge on any atom is 0.307 e. The summed E-state index contributed by atoms with van der Waals surface area (Å²) >= 11 is 0. The molecule has 3 rings (SSSR count). The monoisotopic (exact) mass is 285 g/mol. The second-order valence-corrected chi connectivity index (χ2v) is 6.04. The lowest BCUT2D eigenvalue weighted by atomic mass is 9.82. The van der Waals surface area contributed by atoms with Crippen LogP contribution in [-0.2, 0) is 16.1 Å². The van der Waals surface area contributed by atoms with Gasteiger partial charge < -0.3 is 10.4 Å². The van der Waals surface area contributed by atoms with E-state index in [-0.39, 0.29) is 17.7 Å². The van der Waals surface area contributed by atoms with Gasteiger partial charge in [0.1, 0.15) is 0 Å². The Kier molecular flexibility index (Phi) is 3.53. The Bertz CT molecular complexity index is 591. The fourth-order valence-corrected chi connectivity index (χ4v) is 3.53. The number of carboxylic acids is 1. The number of allylic oxidation sites excluding steroid dienone is 2. The number of carboxylic acid groups (broad SMARTS) is 1. The van der Waals surface area contributed by atoms with Gasteiger partial charge in [0.05, 0.1) is 11.8 Å². The zero-order chi connectivity index (χ0) is 15.0. The summed E-state index contributed by atoms with van der Waals surface area (Å²) < 4.78 is 0. The summed E-state index contributed by atoms with van der Waals surface area (Å²) in [7, 11) is 0. The lowest BCUT2D eigenvalue weighted by molar-refractivity contribution is -0.147. The molecule has 2 aliphatic rings. The highest BCUT2D eigenvalue weighted by Gasteiger charge is 2.51. The van der Waals surface area contributed by atoms with Gasteiger partial charge in [-0.25, -0.2) is 0 Å². The molecular formula is C17H19NO3. The van der Waals surface area contributed by atoms with Crippen LogP contribution < -0.4 is 5.32 Å². The van der Waals surface area contributed by atoms with Gasteiger partial charge in [-0.05, 0) is 30.7 Å². The van der Waals surface area contributed by atoms with E-state index in [9.17, 15) is 14.7 Å². The molecule has 1 fully saturated rings. The number of aliphatic carboxylic acids is 1. The molecule has 0 spiro atoms. The number of rotatable bonds is 4. The van der Waals surface area contributed by atoms with Crippen LogP contribution in [0.1, 0.15) is 17.5 Å². The molecule has 0 radical (unpaired) electrons. The molecule has 1 saturated carbocycles. The molecule has 0 heterocycles. The maximum absolute atomic E-state index is 12.4. The highest BCUT2D eigenvalue weighted by Crippen LogP contribution is 2.48. The van der Waals surface area contributed by atoms with Crippen LogP contribution in [0.4, 0.5) is 0 Å². The average molecular weight is 285 g/mol. The number of carbonyl (C=O) groups excluding carboxylic acids is 1. The minimum atomic E-state index is -0.859. The topological polar surface area (TPSA) is 66.4 Å². The largest absolute Gasteiger partial charge is 0.481 e. The maximum atomic E-state index is 12.4. The van der Waals surface area contributed by atoms with Crippen LogP contribution in [-0.4, -0.2) is 17.0 Å². The quantitative estimate of drug-likeness (QED) is 0.833. The third kappa shape index (κ3) is 2.58. The highest BCUT2D eigenvalue weighted by atomic mass is 16.4. The zero-order valence-corrected chi connectivity index (χ0v) is 12.0. The number of aryl methyl sites for hydroxylation is 1. The Labute approximate surface area is 123 Å². The first-order valence-corrected chi connectivity index (χ1v) is 7.30. The Morgan fingerprint density at radius 3 is 2.38 bits per heavy atom. The second kappa shape index (κ2) is 5.35. The van der Waals surface area contributed by atoms with E-state index < -0.39 is 17.8 Å². The van der Waals surface area contributed by atoms with Crippen molar-refractivity contribution in [1.82, 2.24) is 5.32 Å². The molecule has 1 aromatic carbocycles. The number of nitrogens with one attached hydrogen (secondary N) is 1. The molecule has 2 N–H and O–H groups in total. The van der Waals surface area contributed by atoms with Crippen LogP contribution in [0.3, 0.4) is 0 Å². The van der Waals surface area contributed by atoms with E-state index in [0.717, 1.165) is 12.0 Å². The highest BCUT2D eigenvalue weighted by molar-refractivity contribution is 5.86. The SMILES string of the molecule is Cc1ccc(CNC(=O)[C@@H]2[C@H](C(=O)O)[C@H]3C=C[C@@H]2C3)cc1. The summed E-state index contributed by atoms with van der Waals surface area (Å²) in [5, 5.41) is 12.3. The van der Waals surface area contributed by atoms with Crippen molar-refractivity contribution in [3.8, 4) is 0 Å². The van der Waals surface area contributed by atoms with Gasteiger partial charge in [0, 0.05) is 6.54 Å². The van der Waals surface area contributed by atoms with Gasteiger partial charge in [0.2, 0.25) is 5.91 Å². The molecule has 0 saturated heterocycles. The van der Waals surface area contributed by atoms with E-state index >= 15 is 0 Å². The van der Waals surface area contributed by atoms with Crippen molar-refractivity contribution >= 4 is 11.9 Å². The Morgan fingerprint density at radius 2 is 1.76 bits per heavy atom. The molecule has 0 aromatic heterocycles. The van der Waals surface area contributed by atoms with Crippen LogP contribution in [0.2, 0.25) is 0 Å². The molecule has 110 valence electrons. The minimum absolute atomic E-state index is 0.0163. The first-order chi connectivity index (χ1) is 10.1. The van der Waals surface area contributed by atoms with Crippen molar-refractivity contribution in [3.63, 3.8) is 0 Å². The molecule has 4 nitrogen and oxygen atoms in total. The Morgan fingerprint density at radius 1 is 1.14 bits per heavy atom. The van der Waals surface area contributed by atoms with Crippen molar-refractivity contribution in [1.29, 1.82) is 0 Å². The fraction of sp³-hybridized carbons (Fsp3) is 0.412. The minimum Gasteiger partial charge on any atom is -0.481 e. The van der Waals surface area contributed by atoms with Gasteiger partial charge in [0.15, 0.2) is 0 Å². The van der Waals surface area contributed by atoms with Crippen LogP contribution in [0.5, 0.6) is 0 Å². The molecule has 1 aromatic rings. The van der Waals surface area contributed by atoms with Gasteiger partial charge in [-0.2, -0.15) is 0 Å². The van der Waals surface area contributed by atoms with Crippen LogP contribution >= 0.6 is 0 Å². The average Bonchev–Trinajstić information content (AvgIpc) is 3.06. The van der Waals surface area contributed by atoms with E-state index in [0.29, 0.717) is 6.54 Å². The lowest BCUT2D eigenvalue weighted by Crippen LogP contribution is -2.39. The molecule has 1 amide bonds. The Hall–Kier alpha value is -2.10. The number of hydrogen-bond donors (Lipinski definition) is 2. The van der Waals surface area contributed by atoms with Crippen molar-refractivity contribution in [2.45, 2.75) is 19.9 Å². The Balaban J connectivity index is 1.66. The van der Waals surface area contributed by atoms with E-state index in [2.05, 4.69) is 5.32 Å². The van der Waals surface area contributed by atoms with E-state index in [1.807, 2.05) is 43.3 Å². The zero-order valence-electron chi connectivity index (χ0n) is 12.0. The molecule has 0 aliphatic heterocycles. The predicted molar refractivity (Wildman–Crippen MR) is 78.4 cm³/mol. The number of carbonyl (C=O) groups is 2. The van der Waals surface area contributed by atoms with Gasteiger partial charge in [-0.3, -0.25) is 9.59 Å². The number of hydrogen-bond acceptors (Lipinski definition) is 2. The van der Waals surface area contributed by atoms with E-state index in [4.69, 9.17) is 0 Å². The molecular weight excluding hydrogens is 266 g/mol. The van der Waals surface area contributed by atoms with Gasteiger partial charge >= 0.3 is 5.97 Å². The van der Waals surface area contributed by atoms with Crippen molar-refractivity contribution < 1.29 is 14.7 Å². The number of benzene rings is 1. The summed E-state index contributed by atoms with van der Waals surface area (Å²) in [6.07, 6.45) is 4.74. The van der Waals surface area contributed by atoms with E-state index in [1.54, 1.807) is 0 Å². The molecule has 4 atom stereocenters. The normalized spacial score (nSPS) is 29.6.